The molecule has 2 fully saturated rings. The summed E-state index contributed by atoms with van der Waals surface area (Å²) >= 11 is 0. The van der Waals surface area contributed by atoms with Crippen LogP contribution in [0.3, 0.4) is 0 Å². The lowest BCUT2D eigenvalue weighted by Crippen LogP contribution is -2.61. The highest BCUT2D eigenvalue weighted by Gasteiger charge is 2.34. The first-order chi connectivity index (χ1) is 11.9. The molecule has 0 radical (unpaired) electrons. The third-order valence-electron chi connectivity index (χ3n) is 5.83. The lowest BCUT2D eigenvalue weighted by atomic mass is 9.92. The largest absolute Gasteiger partial charge is 0.352 e. The van der Waals surface area contributed by atoms with Crippen LogP contribution in [0.25, 0.3) is 5.65 Å². The third-order valence-corrected chi connectivity index (χ3v) is 5.83. The van der Waals surface area contributed by atoms with Gasteiger partial charge in [-0.15, -0.1) is 15.3 Å². The molecule has 0 unspecified atom stereocenters. The van der Waals surface area contributed by atoms with Gasteiger partial charge in [-0.25, -0.2) is 0 Å². The monoisotopic (exact) mass is 342 g/mol. The van der Waals surface area contributed by atoms with Crippen LogP contribution in [0.15, 0.2) is 12.1 Å². The van der Waals surface area contributed by atoms with Crippen LogP contribution in [0.1, 0.15) is 58.7 Å². The fourth-order valence-electron chi connectivity index (χ4n) is 4.10. The highest BCUT2D eigenvalue weighted by atomic mass is 15.4. The molecule has 2 aliphatic rings. The molecule has 1 aliphatic heterocycles. The molecule has 0 spiro atoms. The Labute approximate surface area is 150 Å². The molecule has 6 nitrogen and oxygen atoms in total. The summed E-state index contributed by atoms with van der Waals surface area (Å²) < 4.78 is 1.91. The van der Waals surface area contributed by atoms with E-state index in [1.165, 1.54) is 32.1 Å². The van der Waals surface area contributed by atoms with Crippen LogP contribution in [-0.4, -0.2) is 56.9 Å². The molecule has 1 saturated heterocycles. The predicted molar refractivity (Wildman–Crippen MR) is 100 cm³/mol. The number of rotatable bonds is 3. The maximum absolute atomic E-state index is 4.83. The molecule has 0 N–H and O–H groups in total. The zero-order valence-electron chi connectivity index (χ0n) is 15.9. The summed E-state index contributed by atoms with van der Waals surface area (Å²) in [4.78, 5) is 4.99. The molecule has 0 atom stereocenters. The van der Waals surface area contributed by atoms with Crippen molar-refractivity contribution in [2.24, 2.45) is 0 Å². The number of aromatic nitrogens is 4. The van der Waals surface area contributed by atoms with Crippen LogP contribution in [0.2, 0.25) is 0 Å². The van der Waals surface area contributed by atoms with Crippen molar-refractivity contribution >= 4 is 11.5 Å². The van der Waals surface area contributed by atoms with Gasteiger partial charge >= 0.3 is 0 Å². The zero-order valence-corrected chi connectivity index (χ0v) is 15.9. The van der Waals surface area contributed by atoms with Crippen molar-refractivity contribution in [3.05, 3.63) is 18.0 Å². The second-order valence-electron chi connectivity index (χ2n) is 8.75. The van der Waals surface area contributed by atoms with Crippen LogP contribution in [-0.2, 0) is 5.41 Å². The molecule has 2 aromatic rings. The Hall–Kier alpha value is -1.69. The van der Waals surface area contributed by atoms with Crippen LogP contribution in [0, 0.1) is 0 Å². The number of hydrogen-bond acceptors (Lipinski definition) is 5. The Morgan fingerprint density at radius 3 is 2.40 bits per heavy atom. The average molecular weight is 342 g/mol. The van der Waals surface area contributed by atoms with Gasteiger partial charge < -0.3 is 4.90 Å². The first kappa shape index (κ1) is 16.8. The van der Waals surface area contributed by atoms with E-state index in [9.17, 15) is 0 Å². The fourth-order valence-corrected chi connectivity index (χ4v) is 4.10. The number of anilines is 1. The lowest BCUT2D eigenvalue weighted by Gasteiger charge is -2.48. The molecule has 2 aromatic heterocycles. The highest BCUT2D eigenvalue weighted by Crippen LogP contribution is 2.28. The fraction of sp³-hybridized carbons (Fsp3) is 0.737. The van der Waals surface area contributed by atoms with Crippen molar-refractivity contribution in [2.45, 2.75) is 70.4 Å². The zero-order chi connectivity index (χ0) is 17.6. The van der Waals surface area contributed by atoms with Crippen molar-refractivity contribution < 1.29 is 0 Å². The normalized spacial score (nSPS) is 20.4. The molecule has 25 heavy (non-hydrogen) atoms. The first-order valence-corrected chi connectivity index (χ1v) is 9.63. The Kier molecular flexibility index (Phi) is 4.18. The smallest absolute Gasteiger partial charge is 0.178 e. The average Bonchev–Trinajstić information content (AvgIpc) is 2.97. The van der Waals surface area contributed by atoms with E-state index in [0.29, 0.717) is 6.04 Å². The molecule has 0 amide bonds. The molecule has 1 saturated carbocycles. The maximum Gasteiger partial charge on any atom is 0.178 e. The van der Waals surface area contributed by atoms with Gasteiger partial charge in [0.05, 0.1) is 0 Å². The number of nitrogens with zero attached hydrogens (tertiary/aromatic N) is 6. The van der Waals surface area contributed by atoms with Crippen molar-refractivity contribution in [3.8, 4) is 0 Å². The van der Waals surface area contributed by atoms with E-state index in [4.69, 9.17) is 5.10 Å². The van der Waals surface area contributed by atoms with Gasteiger partial charge in [-0.2, -0.15) is 4.52 Å². The quantitative estimate of drug-likeness (QED) is 0.858. The molecule has 136 valence electrons. The van der Waals surface area contributed by atoms with Crippen molar-refractivity contribution in [1.82, 2.24) is 24.7 Å². The van der Waals surface area contributed by atoms with Gasteiger partial charge in [-0.1, -0.05) is 40.0 Å². The number of fused-ring (bicyclic) bond motifs is 1. The number of hydrogen-bond donors (Lipinski definition) is 0. The Bertz CT molecular complexity index is 734. The molecular formula is C19H30N6. The molecule has 1 aliphatic carbocycles. The lowest BCUT2D eigenvalue weighted by molar-refractivity contribution is 0.117. The number of likely N-dealkylation sites (N-methyl/N-ethyl adjacent to an activating group) is 1. The van der Waals surface area contributed by atoms with Crippen molar-refractivity contribution in [1.29, 1.82) is 0 Å². The molecule has 6 heteroatoms. The second kappa shape index (κ2) is 6.24. The predicted octanol–water partition coefficient (Wildman–Crippen LogP) is 2.87. The van der Waals surface area contributed by atoms with Crippen LogP contribution >= 0.6 is 0 Å². The van der Waals surface area contributed by atoms with E-state index >= 15 is 0 Å². The van der Waals surface area contributed by atoms with Crippen LogP contribution in [0.5, 0.6) is 0 Å². The first-order valence-electron chi connectivity index (χ1n) is 9.63. The van der Waals surface area contributed by atoms with E-state index in [1.54, 1.807) is 0 Å². The topological polar surface area (TPSA) is 49.6 Å². The van der Waals surface area contributed by atoms with Crippen molar-refractivity contribution in [2.75, 3.05) is 25.0 Å². The second-order valence-corrected chi connectivity index (χ2v) is 8.75. The highest BCUT2D eigenvalue weighted by molar-refractivity contribution is 5.48. The summed E-state index contributed by atoms with van der Waals surface area (Å²) in [5.41, 5.74) is 0.758. The van der Waals surface area contributed by atoms with E-state index in [0.717, 1.165) is 36.4 Å². The van der Waals surface area contributed by atoms with Crippen molar-refractivity contribution in [3.63, 3.8) is 0 Å². The molecular weight excluding hydrogens is 312 g/mol. The van der Waals surface area contributed by atoms with Gasteiger partial charge in [0.2, 0.25) is 0 Å². The minimum Gasteiger partial charge on any atom is -0.352 e. The summed E-state index contributed by atoms with van der Waals surface area (Å²) in [5.74, 6) is 1.95. The molecule has 3 heterocycles. The third kappa shape index (κ3) is 3.12. The van der Waals surface area contributed by atoms with Gasteiger partial charge in [0.25, 0.3) is 0 Å². The van der Waals surface area contributed by atoms with Gasteiger partial charge in [0.1, 0.15) is 5.82 Å². The van der Waals surface area contributed by atoms with E-state index < -0.39 is 0 Å². The van der Waals surface area contributed by atoms with E-state index in [1.807, 2.05) is 10.6 Å². The van der Waals surface area contributed by atoms with E-state index in [-0.39, 0.29) is 5.41 Å². The summed E-state index contributed by atoms with van der Waals surface area (Å²) in [6, 6.07) is 5.54. The van der Waals surface area contributed by atoms with Gasteiger partial charge in [-0.3, -0.25) is 4.90 Å². The van der Waals surface area contributed by atoms with Gasteiger partial charge in [-0.05, 0) is 32.0 Å². The van der Waals surface area contributed by atoms with Crippen LogP contribution < -0.4 is 4.90 Å². The molecule has 0 bridgehead atoms. The molecule has 0 aromatic carbocycles. The molecule has 4 rings (SSSR count). The summed E-state index contributed by atoms with van der Waals surface area (Å²) in [6.45, 7) is 8.58. The SMILES string of the molecule is CN(C1CCCCC1)C1CN(c2ccc3nnc(C(C)(C)C)n3n2)C1. The van der Waals surface area contributed by atoms with E-state index in [2.05, 4.69) is 53.9 Å². The summed E-state index contributed by atoms with van der Waals surface area (Å²) in [7, 11) is 2.31. The Morgan fingerprint density at radius 2 is 1.72 bits per heavy atom. The Morgan fingerprint density at radius 1 is 1.00 bits per heavy atom. The Balaban J connectivity index is 1.47. The van der Waals surface area contributed by atoms with Gasteiger partial charge in [0.15, 0.2) is 11.5 Å². The maximum atomic E-state index is 4.83. The minimum absolute atomic E-state index is 0.0658. The van der Waals surface area contributed by atoms with Crippen LogP contribution in [0.4, 0.5) is 5.82 Å². The summed E-state index contributed by atoms with van der Waals surface area (Å²) in [5, 5.41) is 13.4. The van der Waals surface area contributed by atoms with Gasteiger partial charge in [0, 0.05) is 30.6 Å². The minimum atomic E-state index is -0.0658. The standard InChI is InChI=1S/C19H30N6/c1-19(2,3)18-21-20-16-10-11-17(22-25(16)18)24-12-15(13-24)23(4)14-8-6-5-7-9-14/h10-11,14-15H,5-9,12-13H2,1-4H3. The summed E-state index contributed by atoms with van der Waals surface area (Å²) in [6.07, 6.45) is 6.94.